The predicted molar refractivity (Wildman–Crippen MR) is 107 cm³/mol. The lowest BCUT2D eigenvalue weighted by molar-refractivity contribution is 0.201. The third-order valence-corrected chi connectivity index (χ3v) is 5.43. The van der Waals surface area contributed by atoms with Gasteiger partial charge in [-0.2, -0.15) is 5.10 Å². The van der Waals surface area contributed by atoms with Crippen molar-refractivity contribution in [2.75, 3.05) is 13.1 Å². The first-order valence-corrected chi connectivity index (χ1v) is 9.93. The van der Waals surface area contributed by atoms with Crippen molar-refractivity contribution in [2.45, 2.75) is 45.1 Å². The Balaban J connectivity index is 1.41. The molecule has 4 rings (SSSR count). The lowest BCUT2D eigenvalue weighted by Crippen LogP contribution is -2.33. The van der Waals surface area contributed by atoms with Crippen LogP contribution in [0, 0.1) is 5.82 Å². The highest BCUT2D eigenvalue weighted by atomic mass is 19.1. The molecule has 28 heavy (non-hydrogen) atoms. The fraction of sp³-hybridized carbons (Fsp3) is 0.409. The average Bonchev–Trinajstić information content (AvgIpc) is 3.19. The lowest BCUT2D eigenvalue weighted by Gasteiger charge is -2.31. The first-order chi connectivity index (χ1) is 13.6. The third-order valence-electron chi connectivity index (χ3n) is 5.43. The van der Waals surface area contributed by atoms with Crippen LogP contribution in [0.15, 0.2) is 42.7 Å². The molecule has 0 amide bonds. The number of piperidine rings is 1. The van der Waals surface area contributed by atoms with Gasteiger partial charge in [0.2, 0.25) is 0 Å². The maximum Gasteiger partial charge on any atom is 0.131 e. The molecule has 5 nitrogen and oxygen atoms in total. The van der Waals surface area contributed by atoms with E-state index in [4.69, 9.17) is 4.98 Å². The van der Waals surface area contributed by atoms with Crippen LogP contribution < -0.4 is 0 Å². The number of rotatable bonds is 5. The van der Waals surface area contributed by atoms with E-state index in [9.17, 15) is 4.39 Å². The van der Waals surface area contributed by atoms with Crippen LogP contribution in [0.3, 0.4) is 0 Å². The summed E-state index contributed by atoms with van der Waals surface area (Å²) in [5.41, 5.74) is 4.09. The highest BCUT2D eigenvalue weighted by Gasteiger charge is 2.25. The van der Waals surface area contributed by atoms with Crippen LogP contribution in [0.5, 0.6) is 0 Å². The molecule has 146 valence electrons. The first-order valence-electron chi connectivity index (χ1n) is 9.93. The molecular formula is C22H26FN5. The number of nitrogens with one attached hydrogen (secondary N) is 1. The second kappa shape index (κ2) is 8.19. The minimum Gasteiger partial charge on any atom is -0.297 e. The second-order valence-electron chi connectivity index (χ2n) is 7.82. The number of benzene rings is 1. The fourth-order valence-electron chi connectivity index (χ4n) is 3.88. The van der Waals surface area contributed by atoms with E-state index in [1.807, 2.05) is 24.5 Å². The van der Waals surface area contributed by atoms with E-state index in [1.165, 1.54) is 6.07 Å². The number of hydrogen-bond donors (Lipinski definition) is 1. The Morgan fingerprint density at radius 3 is 2.79 bits per heavy atom. The van der Waals surface area contributed by atoms with E-state index in [1.54, 1.807) is 12.1 Å². The Kier molecular flexibility index (Phi) is 5.48. The van der Waals surface area contributed by atoms with Gasteiger partial charge in [0, 0.05) is 35.8 Å². The molecule has 0 radical (unpaired) electrons. The summed E-state index contributed by atoms with van der Waals surface area (Å²) in [6.07, 6.45) is 5.77. The van der Waals surface area contributed by atoms with E-state index >= 15 is 0 Å². The summed E-state index contributed by atoms with van der Waals surface area (Å²) in [7, 11) is 0. The Labute approximate surface area is 165 Å². The van der Waals surface area contributed by atoms with E-state index in [2.05, 4.69) is 33.9 Å². The van der Waals surface area contributed by atoms with Crippen molar-refractivity contribution >= 4 is 0 Å². The largest absolute Gasteiger partial charge is 0.297 e. The molecule has 0 aliphatic carbocycles. The van der Waals surface area contributed by atoms with E-state index < -0.39 is 0 Å². The zero-order valence-electron chi connectivity index (χ0n) is 16.4. The number of hydrogen-bond acceptors (Lipinski definition) is 4. The zero-order valence-corrected chi connectivity index (χ0v) is 16.4. The molecule has 1 aromatic carbocycles. The number of halogens is 1. The van der Waals surface area contributed by atoms with Gasteiger partial charge in [-0.25, -0.2) is 14.4 Å². The summed E-state index contributed by atoms with van der Waals surface area (Å²) < 4.78 is 13.6. The Bertz CT molecular complexity index is 928. The molecule has 6 heteroatoms. The Hall–Kier alpha value is -2.60. The molecule has 1 fully saturated rings. The van der Waals surface area contributed by atoms with Gasteiger partial charge in [0.25, 0.3) is 0 Å². The summed E-state index contributed by atoms with van der Waals surface area (Å²) in [5.74, 6) is 1.44. The number of nitrogens with zero attached hydrogens (tertiary/aromatic N) is 4. The molecular weight excluding hydrogens is 353 g/mol. The minimum absolute atomic E-state index is 0.218. The Morgan fingerprint density at radius 1 is 1.21 bits per heavy atom. The van der Waals surface area contributed by atoms with E-state index in [-0.39, 0.29) is 5.82 Å². The molecule has 3 aromatic rings. The van der Waals surface area contributed by atoms with Crippen LogP contribution >= 0.6 is 0 Å². The van der Waals surface area contributed by atoms with Gasteiger partial charge in [-0.15, -0.1) is 0 Å². The van der Waals surface area contributed by atoms with Crippen LogP contribution in [0.4, 0.5) is 4.39 Å². The smallest absolute Gasteiger partial charge is 0.131 e. The fourth-order valence-corrected chi connectivity index (χ4v) is 3.88. The highest BCUT2D eigenvalue weighted by molar-refractivity contribution is 5.65. The predicted octanol–water partition coefficient (Wildman–Crippen LogP) is 4.51. The number of aromatic nitrogens is 4. The third kappa shape index (κ3) is 4.12. The maximum absolute atomic E-state index is 13.6. The molecule has 1 saturated heterocycles. The van der Waals surface area contributed by atoms with Gasteiger partial charge in [-0.05, 0) is 49.7 Å². The number of aromatic amines is 1. The van der Waals surface area contributed by atoms with Crippen LogP contribution in [0.2, 0.25) is 0 Å². The number of H-pyrrole nitrogens is 1. The first kappa shape index (κ1) is 18.7. The van der Waals surface area contributed by atoms with Crippen LogP contribution in [0.25, 0.3) is 11.1 Å². The highest BCUT2D eigenvalue weighted by Crippen LogP contribution is 2.34. The monoisotopic (exact) mass is 379 g/mol. The summed E-state index contributed by atoms with van der Waals surface area (Å²) in [4.78, 5) is 11.5. The second-order valence-corrected chi connectivity index (χ2v) is 7.82. The van der Waals surface area contributed by atoms with Crippen molar-refractivity contribution in [3.8, 4) is 11.1 Å². The number of likely N-dealkylation sites (tertiary alicyclic amines) is 1. The minimum atomic E-state index is -0.218. The zero-order chi connectivity index (χ0) is 19.5. The van der Waals surface area contributed by atoms with Gasteiger partial charge in [-0.3, -0.25) is 10.00 Å². The molecule has 2 aromatic heterocycles. The summed E-state index contributed by atoms with van der Waals surface area (Å²) in [5, 5.41) is 7.40. The van der Waals surface area contributed by atoms with Gasteiger partial charge in [0.05, 0.1) is 11.9 Å². The molecule has 0 atom stereocenters. The van der Waals surface area contributed by atoms with Crippen LogP contribution in [-0.2, 0) is 6.54 Å². The molecule has 1 aliphatic rings. The van der Waals surface area contributed by atoms with E-state index in [0.717, 1.165) is 60.8 Å². The Morgan fingerprint density at radius 2 is 2.04 bits per heavy atom. The van der Waals surface area contributed by atoms with Crippen LogP contribution in [0.1, 0.15) is 55.7 Å². The SMILES string of the molecule is CC(C)c1nccc(CN2CCC(c3[nH]ncc3-c3cccc(F)c3)CC2)n1. The van der Waals surface area contributed by atoms with Crippen molar-refractivity contribution in [3.63, 3.8) is 0 Å². The average molecular weight is 379 g/mol. The van der Waals surface area contributed by atoms with Gasteiger partial charge in [-0.1, -0.05) is 26.0 Å². The van der Waals surface area contributed by atoms with Crippen molar-refractivity contribution in [3.05, 3.63) is 65.8 Å². The van der Waals surface area contributed by atoms with Crippen molar-refractivity contribution in [1.82, 2.24) is 25.1 Å². The standard InChI is InChI=1S/C22H26FN5/c1-15(2)22-24-9-6-19(26-22)14-28-10-7-16(8-11-28)21-20(13-25-27-21)17-4-3-5-18(23)12-17/h3-6,9,12-13,15-16H,7-8,10-11,14H2,1-2H3,(H,25,27). The molecule has 1 aliphatic heterocycles. The molecule has 0 spiro atoms. The molecule has 0 bridgehead atoms. The van der Waals surface area contributed by atoms with Crippen molar-refractivity contribution in [1.29, 1.82) is 0 Å². The molecule has 1 N–H and O–H groups in total. The lowest BCUT2D eigenvalue weighted by atomic mass is 9.89. The summed E-state index contributed by atoms with van der Waals surface area (Å²) in [6.45, 7) is 7.10. The quantitative estimate of drug-likeness (QED) is 0.709. The van der Waals surface area contributed by atoms with Gasteiger partial charge in [0.15, 0.2) is 0 Å². The topological polar surface area (TPSA) is 57.7 Å². The van der Waals surface area contributed by atoms with Gasteiger partial charge < -0.3 is 0 Å². The van der Waals surface area contributed by atoms with Crippen LogP contribution in [-0.4, -0.2) is 38.2 Å². The van der Waals surface area contributed by atoms with Crippen molar-refractivity contribution < 1.29 is 4.39 Å². The van der Waals surface area contributed by atoms with Gasteiger partial charge >= 0.3 is 0 Å². The van der Waals surface area contributed by atoms with Crippen molar-refractivity contribution in [2.24, 2.45) is 0 Å². The molecule has 3 heterocycles. The van der Waals surface area contributed by atoms with E-state index in [0.29, 0.717) is 11.8 Å². The van der Waals surface area contributed by atoms with Gasteiger partial charge in [0.1, 0.15) is 11.6 Å². The molecule has 0 saturated carbocycles. The molecule has 0 unspecified atom stereocenters. The summed E-state index contributed by atoms with van der Waals surface area (Å²) in [6, 6.07) is 8.74. The maximum atomic E-state index is 13.6. The normalized spacial score (nSPS) is 16.0. The summed E-state index contributed by atoms with van der Waals surface area (Å²) >= 11 is 0.